The number of likely N-dealkylation sites (tertiary alicyclic amines) is 1. The second-order valence-corrected chi connectivity index (χ2v) is 9.03. The number of fused-ring (bicyclic) bond motifs is 1. The number of ether oxygens (including phenoxy) is 3. The lowest BCUT2D eigenvalue weighted by Gasteiger charge is -2.41. The van der Waals surface area contributed by atoms with E-state index in [0.717, 1.165) is 55.3 Å². The maximum atomic E-state index is 13.3. The van der Waals surface area contributed by atoms with Crippen molar-refractivity contribution in [2.75, 3.05) is 34.0 Å². The number of nitrogens with one attached hydrogen (secondary N) is 1. The number of rotatable bonds is 6. The van der Waals surface area contributed by atoms with Gasteiger partial charge in [0.2, 0.25) is 6.79 Å². The highest BCUT2D eigenvalue weighted by molar-refractivity contribution is 6.07. The lowest BCUT2D eigenvalue weighted by atomic mass is 9.74. The molecule has 2 fully saturated rings. The molecule has 3 aliphatic rings. The topological polar surface area (TPSA) is 80.3 Å². The predicted octanol–water partition coefficient (Wildman–Crippen LogP) is 2.80. The van der Waals surface area contributed by atoms with Crippen LogP contribution in [0.3, 0.4) is 0 Å². The van der Waals surface area contributed by atoms with Gasteiger partial charge in [-0.05, 0) is 67.2 Å². The summed E-state index contributed by atoms with van der Waals surface area (Å²) in [4.78, 5) is 29.4. The van der Waals surface area contributed by atoms with Gasteiger partial charge in [0.1, 0.15) is 11.3 Å². The van der Waals surface area contributed by atoms with E-state index in [-0.39, 0.29) is 24.6 Å². The van der Waals surface area contributed by atoms with Crippen LogP contribution in [-0.4, -0.2) is 61.3 Å². The Hall–Kier alpha value is -3.26. The van der Waals surface area contributed by atoms with Gasteiger partial charge in [-0.3, -0.25) is 14.6 Å². The quantitative estimate of drug-likeness (QED) is 0.681. The van der Waals surface area contributed by atoms with Crippen molar-refractivity contribution in [2.45, 2.75) is 31.3 Å². The van der Waals surface area contributed by atoms with Gasteiger partial charge in [-0.1, -0.05) is 18.2 Å². The molecule has 0 radical (unpaired) electrons. The van der Waals surface area contributed by atoms with Crippen LogP contribution in [0, 0.1) is 5.92 Å². The number of hydrogen-bond donors (Lipinski definition) is 1. The summed E-state index contributed by atoms with van der Waals surface area (Å²) in [6.07, 6.45) is 2.11. The third-order valence-electron chi connectivity index (χ3n) is 7.07. The Labute approximate surface area is 193 Å². The van der Waals surface area contributed by atoms with Crippen LogP contribution in [0.4, 0.5) is 4.79 Å². The average molecular weight is 452 g/mol. The van der Waals surface area contributed by atoms with Crippen molar-refractivity contribution in [2.24, 2.45) is 5.92 Å². The molecule has 0 aromatic heterocycles. The van der Waals surface area contributed by atoms with Crippen molar-refractivity contribution in [3.05, 3.63) is 53.6 Å². The first kappa shape index (κ1) is 21.6. The van der Waals surface area contributed by atoms with E-state index >= 15 is 0 Å². The first-order valence-electron chi connectivity index (χ1n) is 11.3. The van der Waals surface area contributed by atoms with Crippen LogP contribution in [0.1, 0.15) is 24.0 Å². The van der Waals surface area contributed by atoms with Gasteiger partial charge in [0, 0.05) is 20.0 Å². The fourth-order valence-electron chi connectivity index (χ4n) is 5.25. The minimum Gasteiger partial charge on any atom is -0.497 e. The molecule has 0 aliphatic carbocycles. The third-order valence-corrected chi connectivity index (χ3v) is 7.07. The second kappa shape index (κ2) is 8.59. The van der Waals surface area contributed by atoms with Crippen LogP contribution in [0.25, 0.3) is 0 Å². The van der Waals surface area contributed by atoms with Gasteiger partial charge in [-0.2, -0.15) is 0 Å². The molecule has 1 atom stereocenters. The van der Waals surface area contributed by atoms with Gasteiger partial charge in [0.25, 0.3) is 5.91 Å². The van der Waals surface area contributed by atoms with Crippen LogP contribution in [0.5, 0.6) is 17.2 Å². The highest BCUT2D eigenvalue weighted by Crippen LogP contribution is 2.37. The van der Waals surface area contributed by atoms with Crippen LogP contribution < -0.4 is 19.5 Å². The largest absolute Gasteiger partial charge is 0.497 e. The number of urea groups is 1. The summed E-state index contributed by atoms with van der Waals surface area (Å²) in [6.45, 7) is 2.79. The number of amides is 3. The summed E-state index contributed by atoms with van der Waals surface area (Å²) in [5.41, 5.74) is 1.22. The summed E-state index contributed by atoms with van der Waals surface area (Å²) in [5, 5.41) is 3.06. The molecular weight excluding hydrogens is 422 g/mol. The fourth-order valence-corrected chi connectivity index (χ4v) is 5.25. The predicted molar refractivity (Wildman–Crippen MR) is 121 cm³/mol. The molecule has 0 bridgehead atoms. The summed E-state index contributed by atoms with van der Waals surface area (Å²) in [6, 6.07) is 13.5. The second-order valence-electron chi connectivity index (χ2n) is 9.03. The van der Waals surface area contributed by atoms with Gasteiger partial charge >= 0.3 is 6.03 Å². The molecule has 8 nitrogen and oxygen atoms in total. The van der Waals surface area contributed by atoms with Gasteiger partial charge in [-0.15, -0.1) is 0 Å². The van der Waals surface area contributed by atoms with Gasteiger partial charge in [0.15, 0.2) is 11.5 Å². The van der Waals surface area contributed by atoms with E-state index in [1.165, 1.54) is 10.5 Å². The van der Waals surface area contributed by atoms with Crippen molar-refractivity contribution in [1.82, 2.24) is 15.1 Å². The van der Waals surface area contributed by atoms with Gasteiger partial charge < -0.3 is 19.5 Å². The molecule has 3 heterocycles. The summed E-state index contributed by atoms with van der Waals surface area (Å²) in [5.74, 6) is 2.23. The van der Waals surface area contributed by atoms with Crippen LogP contribution in [0.2, 0.25) is 0 Å². The number of piperidine rings is 1. The Morgan fingerprint density at radius 3 is 2.58 bits per heavy atom. The van der Waals surface area contributed by atoms with E-state index < -0.39 is 5.54 Å². The monoisotopic (exact) mass is 451 g/mol. The van der Waals surface area contributed by atoms with E-state index in [2.05, 4.69) is 16.3 Å². The number of imide groups is 1. The van der Waals surface area contributed by atoms with Gasteiger partial charge in [0.05, 0.1) is 7.11 Å². The Bertz CT molecular complexity index is 1070. The summed E-state index contributed by atoms with van der Waals surface area (Å²) in [7, 11) is 3.18. The Morgan fingerprint density at radius 1 is 1.06 bits per heavy atom. The van der Waals surface area contributed by atoms with E-state index in [9.17, 15) is 9.59 Å². The highest BCUT2D eigenvalue weighted by Gasteiger charge is 2.54. The smallest absolute Gasteiger partial charge is 0.324 e. The molecule has 0 unspecified atom stereocenters. The fraction of sp³-hybridized carbons (Fsp3) is 0.440. The van der Waals surface area contributed by atoms with Crippen molar-refractivity contribution in [3.8, 4) is 17.2 Å². The minimum atomic E-state index is -0.928. The molecule has 0 spiro atoms. The number of nitrogens with zero attached hydrogens (tertiary/aromatic N) is 2. The van der Waals surface area contributed by atoms with E-state index in [1.807, 2.05) is 36.4 Å². The van der Waals surface area contributed by atoms with Crippen LogP contribution in [-0.2, 0) is 17.8 Å². The van der Waals surface area contributed by atoms with Crippen molar-refractivity contribution in [3.63, 3.8) is 0 Å². The van der Waals surface area contributed by atoms with Crippen molar-refractivity contribution < 1.29 is 23.8 Å². The molecule has 1 N–H and O–H groups in total. The lowest BCUT2D eigenvalue weighted by Crippen LogP contribution is -2.57. The maximum Gasteiger partial charge on any atom is 0.324 e. The molecule has 5 rings (SSSR count). The van der Waals surface area contributed by atoms with E-state index in [0.29, 0.717) is 6.42 Å². The molecule has 33 heavy (non-hydrogen) atoms. The molecule has 2 aromatic carbocycles. The van der Waals surface area contributed by atoms with Crippen molar-refractivity contribution in [1.29, 1.82) is 0 Å². The summed E-state index contributed by atoms with van der Waals surface area (Å²) >= 11 is 0. The normalized spacial score (nSPS) is 23.2. The Balaban J connectivity index is 1.31. The number of likely N-dealkylation sites (N-methyl/N-ethyl adjacent to an activating group) is 1. The SMILES string of the molecule is COc1cccc(C[C@]2(C3CCN(Cc4ccc5c(c4)OCO5)CC3)NC(=O)N(C)C2=O)c1. The van der Waals surface area contributed by atoms with E-state index in [4.69, 9.17) is 14.2 Å². The first-order chi connectivity index (χ1) is 16.0. The lowest BCUT2D eigenvalue weighted by molar-refractivity contribution is -0.133. The molecular formula is C25H29N3O5. The Kier molecular flexibility index (Phi) is 5.62. The standard InChI is InChI=1S/C25H29N3O5/c1-27-23(29)25(26-24(27)30,14-17-4-3-5-20(12-17)31-2)19-8-10-28(11-9-19)15-18-6-7-21-22(13-18)33-16-32-21/h3-7,12-13,19H,8-11,14-16H2,1-2H3,(H,26,30)/t25-/m1/s1. The zero-order valence-electron chi connectivity index (χ0n) is 19.0. The van der Waals surface area contributed by atoms with Gasteiger partial charge in [-0.25, -0.2) is 4.79 Å². The molecule has 3 amide bonds. The first-order valence-corrected chi connectivity index (χ1v) is 11.3. The number of benzene rings is 2. The number of carbonyl (C=O) groups excluding carboxylic acids is 2. The van der Waals surface area contributed by atoms with E-state index in [1.54, 1.807) is 14.2 Å². The average Bonchev–Trinajstić information content (AvgIpc) is 3.38. The third kappa shape index (κ3) is 3.99. The molecule has 3 aliphatic heterocycles. The number of carbonyl (C=O) groups is 2. The number of methoxy groups -OCH3 is 1. The number of hydrogen-bond acceptors (Lipinski definition) is 6. The van der Waals surface area contributed by atoms with Crippen molar-refractivity contribution >= 4 is 11.9 Å². The van der Waals surface area contributed by atoms with Crippen LogP contribution in [0.15, 0.2) is 42.5 Å². The zero-order chi connectivity index (χ0) is 23.0. The summed E-state index contributed by atoms with van der Waals surface area (Å²) < 4.78 is 16.3. The highest BCUT2D eigenvalue weighted by atomic mass is 16.7. The molecule has 8 heteroatoms. The minimum absolute atomic E-state index is 0.0538. The Morgan fingerprint density at radius 2 is 1.85 bits per heavy atom. The molecule has 2 saturated heterocycles. The molecule has 0 saturated carbocycles. The van der Waals surface area contributed by atoms with Crippen LogP contribution >= 0.6 is 0 Å². The molecule has 2 aromatic rings. The zero-order valence-corrected chi connectivity index (χ0v) is 19.0. The molecule has 174 valence electrons. The maximum absolute atomic E-state index is 13.3.